The van der Waals surface area contributed by atoms with Gasteiger partial charge in [0, 0.05) is 17.5 Å². The van der Waals surface area contributed by atoms with Gasteiger partial charge in [0.05, 0.1) is 5.71 Å². The van der Waals surface area contributed by atoms with Gasteiger partial charge in [-0.1, -0.05) is 5.16 Å². The highest BCUT2D eigenvalue weighted by molar-refractivity contribution is 6.02. The van der Waals surface area contributed by atoms with E-state index in [-0.39, 0.29) is 17.7 Å². The van der Waals surface area contributed by atoms with Crippen molar-refractivity contribution in [3.8, 4) is 0 Å². The average Bonchev–Trinajstić information content (AvgIpc) is 2.19. The van der Waals surface area contributed by atoms with Crippen LogP contribution >= 0.6 is 0 Å². The molecule has 15 heavy (non-hydrogen) atoms. The Morgan fingerprint density at radius 1 is 1.33 bits per heavy atom. The number of oxime groups is 1. The van der Waals surface area contributed by atoms with Crippen molar-refractivity contribution in [2.24, 2.45) is 5.16 Å². The molecule has 0 atom stereocenters. The third-order valence-electron chi connectivity index (χ3n) is 2.48. The highest BCUT2D eigenvalue weighted by Crippen LogP contribution is 2.40. The molecule has 80 valence electrons. The van der Waals surface area contributed by atoms with Crippen LogP contribution < -0.4 is 0 Å². The molecule has 0 unspecified atom stereocenters. The van der Waals surface area contributed by atoms with Crippen LogP contribution in [0.5, 0.6) is 0 Å². The predicted molar refractivity (Wildman–Crippen MR) is 47.9 cm³/mol. The Morgan fingerprint density at radius 3 is 2.73 bits per heavy atom. The van der Waals surface area contributed by atoms with Crippen molar-refractivity contribution in [3.63, 3.8) is 0 Å². The van der Waals surface area contributed by atoms with Gasteiger partial charge in [-0.05, 0) is 24.6 Å². The summed E-state index contributed by atoms with van der Waals surface area (Å²) in [4.78, 5) is 0. The van der Waals surface area contributed by atoms with Gasteiger partial charge in [0.25, 0.3) is 5.92 Å². The summed E-state index contributed by atoms with van der Waals surface area (Å²) in [5.41, 5.74) is -0.104. The number of hydrogen-bond donors (Lipinski definition) is 1. The van der Waals surface area contributed by atoms with E-state index in [1.54, 1.807) is 0 Å². The molecule has 0 spiro atoms. The van der Waals surface area contributed by atoms with Gasteiger partial charge >= 0.3 is 0 Å². The molecule has 0 fully saturated rings. The van der Waals surface area contributed by atoms with Crippen LogP contribution in [0, 0.1) is 5.82 Å². The second-order valence-corrected chi connectivity index (χ2v) is 3.44. The minimum absolute atomic E-state index is 0.0118. The van der Waals surface area contributed by atoms with Gasteiger partial charge in [-0.15, -0.1) is 0 Å². The number of alkyl halides is 2. The molecule has 2 nitrogen and oxygen atoms in total. The minimum atomic E-state index is -3.05. The summed E-state index contributed by atoms with van der Waals surface area (Å²) < 4.78 is 39.6. The molecule has 1 aliphatic rings. The Balaban J connectivity index is 2.64. The maximum atomic E-state index is 13.4. The maximum Gasteiger partial charge on any atom is 0.274 e. The summed E-state index contributed by atoms with van der Waals surface area (Å²) in [7, 11) is 0. The Labute approximate surface area is 84.0 Å². The lowest BCUT2D eigenvalue weighted by Crippen LogP contribution is -2.25. The van der Waals surface area contributed by atoms with Crippen molar-refractivity contribution in [1.82, 2.24) is 0 Å². The van der Waals surface area contributed by atoms with Crippen LogP contribution in [0.25, 0.3) is 0 Å². The van der Waals surface area contributed by atoms with Crippen LogP contribution in [0.4, 0.5) is 13.2 Å². The molecule has 0 saturated heterocycles. The smallest absolute Gasteiger partial charge is 0.274 e. The van der Waals surface area contributed by atoms with Gasteiger partial charge < -0.3 is 5.21 Å². The van der Waals surface area contributed by atoms with E-state index in [0.717, 1.165) is 12.1 Å². The van der Waals surface area contributed by atoms with Crippen molar-refractivity contribution in [3.05, 3.63) is 35.1 Å². The fraction of sp³-hybridized carbons (Fsp3) is 0.300. The first kappa shape index (κ1) is 10.0. The first-order valence-electron chi connectivity index (χ1n) is 4.44. The molecule has 0 heterocycles. The Hall–Kier alpha value is -1.52. The molecule has 1 aromatic rings. The molecular weight excluding hydrogens is 207 g/mol. The van der Waals surface area contributed by atoms with Crippen molar-refractivity contribution in [1.29, 1.82) is 0 Å². The summed E-state index contributed by atoms with van der Waals surface area (Å²) in [6.07, 6.45) is -0.467. The predicted octanol–water partition coefficient (Wildman–Crippen LogP) is 2.89. The first-order valence-corrected chi connectivity index (χ1v) is 4.44. The lowest BCUT2D eigenvalue weighted by Gasteiger charge is -2.25. The molecule has 5 heteroatoms. The number of nitrogens with zero attached hydrogens (tertiary/aromatic N) is 1. The van der Waals surface area contributed by atoms with E-state index in [0.29, 0.717) is 0 Å². The van der Waals surface area contributed by atoms with Gasteiger partial charge in [-0.2, -0.15) is 0 Å². The lowest BCUT2D eigenvalue weighted by atomic mass is 9.87. The van der Waals surface area contributed by atoms with Crippen LogP contribution in [-0.2, 0) is 5.92 Å². The third-order valence-corrected chi connectivity index (χ3v) is 2.48. The molecular formula is C10H8F3NO. The minimum Gasteiger partial charge on any atom is -0.411 e. The number of rotatable bonds is 0. The molecule has 0 aliphatic heterocycles. The number of hydrogen-bond acceptors (Lipinski definition) is 2. The summed E-state index contributed by atoms with van der Waals surface area (Å²) in [6.45, 7) is 0. The summed E-state index contributed by atoms with van der Waals surface area (Å²) in [5.74, 6) is -3.77. The molecule has 1 aliphatic carbocycles. The third kappa shape index (κ3) is 1.58. The van der Waals surface area contributed by atoms with Crippen LogP contribution in [0.15, 0.2) is 23.4 Å². The number of fused-ring (bicyclic) bond motifs is 1. The van der Waals surface area contributed by atoms with E-state index in [9.17, 15) is 13.2 Å². The Kier molecular flexibility index (Phi) is 2.17. The van der Waals surface area contributed by atoms with Gasteiger partial charge in [0.2, 0.25) is 0 Å². The number of benzene rings is 1. The summed E-state index contributed by atoms with van der Waals surface area (Å²) in [6, 6.07) is 3.08. The summed E-state index contributed by atoms with van der Waals surface area (Å²) >= 11 is 0. The van der Waals surface area contributed by atoms with Crippen molar-refractivity contribution in [2.75, 3.05) is 0 Å². The van der Waals surface area contributed by atoms with E-state index in [4.69, 9.17) is 5.21 Å². The average molecular weight is 215 g/mol. The van der Waals surface area contributed by atoms with Crippen LogP contribution in [0.2, 0.25) is 0 Å². The molecule has 1 N–H and O–H groups in total. The molecule has 2 rings (SSSR count). The SMILES string of the molecule is O/N=C1\CCC(F)(F)c2cc(F)ccc21. The number of halogens is 3. The molecule has 1 aromatic carbocycles. The quantitative estimate of drug-likeness (QED) is 0.523. The fourth-order valence-corrected chi connectivity index (χ4v) is 1.72. The maximum absolute atomic E-state index is 13.4. The zero-order valence-corrected chi connectivity index (χ0v) is 7.67. The van der Waals surface area contributed by atoms with Crippen molar-refractivity contribution >= 4 is 5.71 Å². The van der Waals surface area contributed by atoms with Crippen molar-refractivity contribution < 1.29 is 18.4 Å². The second-order valence-electron chi connectivity index (χ2n) is 3.44. The van der Waals surface area contributed by atoms with E-state index < -0.39 is 23.7 Å². The zero-order chi connectivity index (χ0) is 11.1. The monoisotopic (exact) mass is 215 g/mol. The highest BCUT2D eigenvalue weighted by atomic mass is 19.3. The normalized spacial score (nSPS) is 21.4. The Bertz CT molecular complexity index is 429. The van der Waals surface area contributed by atoms with Gasteiger partial charge in [-0.25, -0.2) is 13.2 Å². The largest absolute Gasteiger partial charge is 0.411 e. The zero-order valence-electron chi connectivity index (χ0n) is 7.67. The molecule has 0 amide bonds. The van der Waals surface area contributed by atoms with Crippen LogP contribution in [0.1, 0.15) is 24.0 Å². The molecule has 0 bridgehead atoms. The van der Waals surface area contributed by atoms with E-state index >= 15 is 0 Å². The van der Waals surface area contributed by atoms with Crippen LogP contribution in [-0.4, -0.2) is 10.9 Å². The highest BCUT2D eigenvalue weighted by Gasteiger charge is 2.39. The van der Waals surface area contributed by atoms with E-state index in [2.05, 4.69) is 5.16 Å². The van der Waals surface area contributed by atoms with Crippen LogP contribution in [0.3, 0.4) is 0 Å². The molecule has 0 aromatic heterocycles. The van der Waals surface area contributed by atoms with E-state index in [1.165, 1.54) is 6.07 Å². The van der Waals surface area contributed by atoms with E-state index in [1.807, 2.05) is 0 Å². The van der Waals surface area contributed by atoms with Gasteiger partial charge in [0.1, 0.15) is 5.82 Å². The summed E-state index contributed by atoms with van der Waals surface area (Å²) in [5, 5.41) is 11.6. The standard InChI is InChI=1S/C10H8F3NO/c11-6-1-2-7-8(5-6)10(12,13)4-3-9(7)14-15/h1-2,5,15H,3-4H2/b14-9+. The Morgan fingerprint density at radius 2 is 2.07 bits per heavy atom. The van der Waals surface area contributed by atoms with Gasteiger partial charge in [-0.3, -0.25) is 0 Å². The first-order chi connectivity index (χ1) is 7.04. The van der Waals surface area contributed by atoms with Gasteiger partial charge in [0.15, 0.2) is 0 Å². The second kappa shape index (κ2) is 3.25. The molecule has 0 saturated carbocycles. The molecule has 0 radical (unpaired) electrons. The fourth-order valence-electron chi connectivity index (χ4n) is 1.72. The lowest BCUT2D eigenvalue weighted by molar-refractivity contribution is -0.0144. The topological polar surface area (TPSA) is 32.6 Å². The van der Waals surface area contributed by atoms with Crippen molar-refractivity contribution in [2.45, 2.75) is 18.8 Å².